The molecule has 3 N–H and O–H groups in total. The smallest absolute Gasteiger partial charge is 0.307 e. The Morgan fingerprint density at radius 1 is 1.44 bits per heavy atom. The average Bonchev–Trinajstić information content (AvgIpc) is 2.24. The van der Waals surface area contributed by atoms with Crippen LogP contribution >= 0.6 is 0 Å². The molecule has 0 saturated carbocycles. The predicted octanol–water partition coefficient (Wildman–Crippen LogP) is 1.75. The largest absolute Gasteiger partial charge is 0.481 e. The molecule has 1 aromatic heterocycles. The molecule has 0 bridgehead atoms. The lowest BCUT2D eigenvalue weighted by Gasteiger charge is -2.10. The molecule has 0 atom stereocenters. The van der Waals surface area contributed by atoms with Crippen LogP contribution in [0.15, 0.2) is 24.3 Å². The van der Waals surface area contributed by atoms with Crippen LogP contribution in [0.4, 0.5) is 5.69 Å². The highest BCUT2D eigenvalue weighted by molar-refractivity contribution is 5.93. The van der Waals surface area contributed by atoms with Gasteiger partial charge in [-0.1, -0.05) is 18.2 Å². The number of carboxylic acids is 1. The second-order valence-corrected chi connectivity index (χ2v) is 3.68. The number of nitrogens with zero attached hydrogens (tertiary/aromatic N) is 1. The van der Waals surface area contributed by atoms with Crippen molar-refractivity contribution in [1.29, 1.82) is 0 Å². The highest BCUT2D eigenvalue weighted by atomic mass is 16.4. The van der Waals surface area contributed by atoms with Gasteiger partial charge in [-0.2, -0.15) is 0 Å². The zero-order chi connectivity index (χ0) is 11.7. The van der Waals surface area contributed by atoms with Gasteiger partial charge in [0.15, 0.2) is 0 Å². The van der Waals surface area contributed by atoms with Crippen molar-refractivity contribution in [1.82, 2.24) is 4.98 Å². The fraction of sp³-hybridized carbons (Fsp3) is 0.167. The Morgan fingerprint density at radius 2 is 2.12 bits per heavy atom. The molecule has 0 aliphatic rings. The van der Waals surface area contributed by atoms with Crippen LogP contribution in [0.1, 0.15) is 11.3 Å². The molecule has 0 unspecified atom stereocenters. The van der Waals surface area contributed by atoms with Crippen LogP contribution < -0.4 is 5.73 Å². The van der Waals surface area contributed by atoms with E-state index in [1.54, 1.807) is 6.92 Å². The van der Waals surface area contributed by atoms with E-state index in [1.165, 1.54) is 0 Å². The van der Waals surface area contributed by atoms with E-state index in [4.69, 9.17) is 10.8 Å². The molecule has 2 rings (SSSR count). The average molecular weight is 216 g/mol. The normalized spacial score (nSPS) is 10.6. The molecule has 0 fully saturated rings. The van der Waals surface area contributed by atoms with Crippen molar-refractivity contribution in [2.24, 2.45) is 0 Å². The van der Waals surface area contributed by atoms with Gasteiger partial charge in [0.2, 0.25) is 0 Å². The minimum Gasteiger partial charge on any atom is -0.481 e. The summed E-state index contributed by atoms with van der Waals surface area (Å²) in [6.07, 6.45) is -0.0878. The molecule has 2 aromatic rings. The number of benzene rings is 1. The quantitative estimate of drug-likeness (QED) is 0.801. The summed E-state index contributed by atoms with van der Waals surface area (Å²) in [6.45, 7) is 1.78. The number of carboxylic acid groups (broad SMARTS) is 1. The summed E-state index contributed by atoms with van der Waals surface area (Å²) in [5.41, 5.74) is 8.56. The molecule has 4 heteroatoms. The third-order valence-electron chi connectivity index (χ3n) is 2.57. The molecule has 0 spiro atoms. The maximum Gasteiger partial charge on any atom is 0.307 e. The zero-order valence-electron chi connectivity index (χ0n) is 8.90. The van der Waals surface area contributed by atoms with Gasteiger partial charge < -0.3 is 10.8 Å². The lowest BCUT2D eigenvalue weighted by atomic mass is 10.0. The van der Waals surface area contributed by atoms with E-state index in [0.717, 1.165) is 10.9 Å². The van der Waals surface area contributed by atoms with E-state index >= 15 is 0 Å². The number of nitrogens with two attached hydrogens (primary N) is 1. The Bertz CT molecular complexity index is 564. The van der Waals surface area contributed by atoms with Crippen LogP contribution in [0.25, 0.3) is 10.9 Å². The Kier molecular flexibility index (Phi) is 2.48. The van der Waals surface area contributed by atoms with Gasteiger partial charge in [0, 0.05) is 22.3 Å². The summed E-state index contributed by atoms with van der Waals surface area (Å²) >= 11 is 0. The third-order valence-corrected chi connectivity index (χ3v) is 2.57. The molecule has 1 aromatic carbocycles. The second-order valence-electron chi connectivity index (χ2n) is 3.68. The maximum atomic E-state index is 10.7. The number of nitrogen functional groups attached to an aromatic ring is 1. The maximum absolute atomic E-state index is 10.7. The van der Waals surface area contributed by atoms with Crippen molar-refractivity contribution in [3.8, 4) is 0 Å². The van der Waals surface area contributed by atoms with Gasteiger partial charge in [-0.05, 0) is 13.0 Å². The number of para-hydroxylation sites is 1. The second kappa shape index (κ2) is 3.81. The van der Waals surface area contributed by atoms with Gasteiger partial charge in [-0.15, -0.1) is 0 Å². The van der Waals surface area contributed by atoms with Crippen molar-refractivity contribution in [3.63, 3.8) is 0 Å². The Labute approximate surface area is 92.7 Å². The van der Waals surface area contributed by atoms with Gasteiger partial charge >= 0.3 is 5.97 Å². The molecular formula is C12H12N2O2. The summed E-state index contributed by atoms with van der Waals surface area (Å²) in [5, 5.41) is 9.61. The molecule has 16 heavy (non-hydrogen) atoms. The number of hydrogen-bond acceptors (Lipinski definition) is 3. The standard InChI is InChI=1S/C12H12N2O2/c1-7-9(6-11(15)16)12(13)8-4-2-3-5-10(8)14-7/h2-5H,6H2,1H3,(H2,13,14)(H,15,16). The monoisotopic (exact) mass is 216 g/mol. The number of aliphatic carboxylic acids is 1. The summed E-state index contributed by atoms with van der Waals surface area (Å²) in [5.74, 6) is -0.896. The fourth-order valence-electron chi connectivity index (χ4n) is 1.78. The number of pyridine rings is 1. The Morgan fingerprint density at radius 3 is 2.81 bits per heavy atom. The summed E-state index contributed by atoms with van der Waals surface area (Å²) in [6, 6.07) is 7.46. The molecule has 82 valence electrons. The fourth-order valence-corrected chi connectivity index (χ4v) is 1.78. The van der Waals surface area contributed by atoms with Gasteiger partial charge in [0.25, 0.3) is 0 Å². The van der Waals surface area contributed by atoms with Crippen LogP contribution in [0, 0.1) is 6.92 Å². The predicted molar refractivity (Wildman–Crippen MR) is 62.2 cm³/mol. The van der Waals surface area contributed by atoms with Gasteiger partial charge in [0.1, 0.15) is 0 Å². The first kappa shape index (κ1) is 10.4. The van der Waals surface area contributed by atoms with E-state index in [2.05, 4.69) is 4.98 Å². The van der Waals surface area contributed by atoms with Crippen molar-refractivity contribution < 1.29 is 9.90 Å². The number of rotatable bonds is 2. The molecule has 1 heterocycles. The number of aryl methyl sites for hydroxylation is 1. The van der Waals surface area contributed by atoms with Crippen molar-refractivity contribution in [2.45, 2.75) is 13.3 Å². The molecule has 0 amide bonds. The third kappa shape index (κ3) is 1.69. The van der Waals surface area contributed by atoms with Crippen LogP contribution in [0.5, 0.6) is 0 Å². The Balaban J connectivity index is 2.70. The van der Waals surface area contributed by atoms with Crippen molar-refractivity contribution in [3.05, 3.63) is 35.5 Å². The van der Waals surface area contributed by atoms with E-state index in [1.807, 2.05) is 24.3 Å². The topological polar surface area (TPSA) is 76.2 Å². The number of aromatic nitrogens is 1. The lowest BCUT2D eigenvalue weighted by molar-refractivity contribution is -0.136. The molecule has 0 aliphatic carbocycles. The van der Waals surface area contributed by atoms with Crippen LogP contribution in [0.3, 0.4) is 0 Å². The molecule has 0 aliphatic heterocycles. The van der Waals surface area contributed by atoms with Crippen LogP contribution in [-0.2, 0) is 11.2 Å². The minimum atomic E-state index is -0.896. The van der Waals surface area contributed by atoms with E-state index < -0.39 is 5.97 Å². The van der Waals surface area contributed by atoms with Gasteiger partial charge in [-0.3, -0.25) is 9.78 Å². The molecule has 0 saturated heterocycles. The number of hydrogen-bond donors (Lipinski definition) is 2. The minimum absolute atomic E-state index is 0.0878. The summed E-state index contributed by atoms with van der Waals surface area (Å²) in [7, 11) is 0. The summed E-state index contributed by atoms with van der Waals surface area (Å²) in [4.78, 5) is 15.1. The molecular weight excluding hydrogens is 204 g/mol. The first-order valence-electron chi connectivity index (χ1n) is 4.95. The number of fused-ring (bicyclic) bond motifs is 1. The molecule has 4 nitrogen and oxygen atoms in total. The van der Waals surface area contributed by atoms with E-state index in [0.29, 0.717) is 16.9 Å². The van der Waals surface area contributed by atoms with Crippen LogP contribution in [-0.4, -0.2) is 16.1 Å². The first-order valence-corrected chi connectivity index (χ1v) is 4.95. The van der Waals surface area contributed by atoms with E-state index in [9.17, 15) is 4.79 Å². The molecule has 0 radical (unpaired) electrons. The number of carbonyl (C=O) groups is 1. The first-order chi connectivity index (χ1) is 7.59. The van der Waals surface area contributed by atoms with Crippen molar-refractivity contribution >= 4 is 22.6 Å². The Hall–Kier alpha value is -2.10. The van der Waals surface area contributed by atoms with Gasteiger partial charge in [0.05, 0.1) is 11.9 Å². The van der Waals surface area contributed by atoms with Crippen molar-refractivity contribution in [2.75, 3.05) is 5.73 Å². The number of anilines is 1. The summed E-state index contributed by atoms with van der Waals surface area (Å²) < 4.78 is 0. The highest BCUT2D eigenvalue weighted by Crippen LogP contribution is 2.25. The lowest BCUT2D eigenvalue weighted by Crippen LogP contribution is -2.07. The van der Waals surface area contributed by atoms with Crippen LogP contribution in [0.2, 0.25) is 0 Å². The van der Waals surface area contributed by atoms with Gasteiger partial charge in [-0.25, -0.2) is 0 Å². The zero-order valence-corrected chi connectivity index (χ0v) is 8.90. The SMILES string of the molecule is Cc1nc2ccccc2c(N)c1CC(=O)O. The highest BCUT2D eigenvalue weighted by Gasteiger charge is 2.12. The van der Waals surface area contributed by atoms with E-state index in [-0.39, 0.29) is 6.42 Å².